The van der Waals surface area contributed by atoms with Crippen LogP contribution in [0, 0.1) is 0 Å². The summed E-state index contributed by atoms with van der Waals surface area (Å²) in [6.07, 6.45) is 1.77. The highest BCUT2D eigenvalue weighted by Gasteiger charge is 2.18. The molecule has 1 aliphatic rings. The first kappa shape index (κ1) is 12.3. The zero-order valence-corrected chi connectivity index (χ0v) is 10.6. The number of nitrogens with zero attached hydrogens (tertiary/aromatic N) is 3. The van der Waals surface area contributed by atoms with E-state index in [1.165, 1.54) is 5.69 Å². The molecule has 1 aromatic heterocycles. The summed E-state index contributed by atoms with van der Waals surface area (Å²) in [7, 11) is 0. The highest BCUT2D eigenvalue weighted by molar-refractivity contribution is 5.46. The molecule has 1 N–H and O–H groups in total. The third kappa shape index (κ3) is 2.96. The molecule has 4 heteroatoms. The lowest BCUT2D eigenvalue weighted by Gasteiger charge is -2.38. The topological polar surface area (TPSA) is 39.6 Å². The van der Waals surface area contributed by atoms with Crippen LogP contribution in [0.25, 0.3) is 0 Å². The molecule has 0 atom stereocenters. The molecular formula is C13H21N3O. The molecule has 0 radical (unpaired) electrons. The van der Waals surface area contributed by atoms with Crippen LogP contribution in [-0.4, -0.2) is 47.2 Å². The molecule has 17 heavy (non-hydrogen) atoms. The van der Waals surface area contributed by atoms with Gasteiger partial charge in [-0.25, -0.2) is 0 Å². The van der Waals surface area contributed by atoms with Gasteiger partial charge in [-0.05, 0) is 26.0 Å². The van der Waals surface area contributed by atoms with Crippen molar-refractivity contribution in [2.45, 2.75) is 26.5 Å². The minimum atomic E-state index is 0.0137. The molecule has 0 bridgehead atoms. The summed E-state index contributed by atoms with van der Waals surface area (Å²) in [6, 6.07) is 4.62. The van der Waals surface area contributed by atoms with Crippen molar-refractivity contribution in [1.29, 1.82) is 0 Å². The molecule has 4 nitrogen and oxygen atoms in total. The lowest BCUT2D eigenvalue weighted by atomic mass is 10.2. The molecule has 2 heterocycles. The maximum absolute atomic E-state index is 9.09. The summed E-state index contributed by atoms with van der Waals surface area (Å²) in [5.74, 6) is 0. The van der Waals surface area contributed by atoms with Crippen molar-refractivity contribution < 1.29 is 5.11 Å². The predicted octanol–water partition coefficient (Wildman–Crippen LogP) is 1.10. The fourth-order valence-electron chi connectivity index (χ4n) is 2.25. The third-order valence-corrected chi connectivity index (χ3v) is 3.37. The van der Waals surface area contributed by atoms with Crippen molar-refractivity contribution in [3.63, 3.8) is 0 Å². The van der Waals surface area contributed by atoms with Gasteiger partial charge in [-0.15, -0.1) is 0 Å². The van der Waals surface area contributed by atoms with Crippen molar-refractivity contribution in [2.75, 3.05) is 31.1 Å². The van der Waals surface area contributed by atoms with Gasteiger partial charge in [-0.1, -0.05) is 0 Å². The lowest BCUT2D eigenvalue weighted by Crippen LogP contribution is -2.48. The van der Waals surface area contributed by atoms with E-state index in [1.807, 2.05) is 12.1 Å². The number of hydrogen-bond donors (Lipinski definition) is 1. The molecule has 0 spiro atoms. The Labute approximate surface area is 103 Å². The molecule has 0 unspecified atom stereocenters. The zero-order chi connectivity index (χ0) is 12.3. The fraction of sp³-hybridized carbons (Fsp3) is 0.615. The Morgan fingerprint density at radius 2 is 2.00 bits per heavy atom. The Bertz CT molecular complexity index is 359. The average Bonchev–Trinajstić information content (AvgIpc) is 2.39. The van der Waals surface area contributed by atoms with Gasteiger partial charge >= 0.3 is 0 Å². The minimum absolute atomic E-state index is 0.0137. The largest absolute Gasteiger partial charge is 0.390 e. The summed E-state index contributed by atoms with van der Waals surface area (Å²) in [4.78, 5) is 8.96. The van der Waals surface area contributed by atoms with E-state index in [9.17, 15) is 0 Å². The minimum Gasteiger partial charge on any atom is -0.390 e. The van der Waals surface area contributed by atoms with Crippen LogP contribution in [0.3, 0.4) is 0 Å². The van der Waals surface area contributed by atoms with Crippen molar-refractivity contribution in [3.05, 3.63) is 24.0 Å². The Morgan fingerprint density at radius 3 is 2.59 bits per heavy atom. The molecule has 1 aliphatic heterocycles. The molecule has 94 valence electrons. The monoisotopic (exact) mass is 235 g/mol. The van der Waals surface area contributed by atoms with Crippen LogP contribution in [0.15, 0.2) is 18.3 Å². The molecular weight excluding hydrogens is 214 g/mol. The Hall–Kier alpha value is -1.13. The number of piperazine rings is 1. The number of pyridine rings is 1. The standard InChI is InChI=1S/C13H21N3O/c1-11(2)15-5-7-16(8-6-15)13-3-4-14-12(9-13)10-17/h3-4,9,11,17H,5-8,10H2,1-2H3. The SMILES string of the molecule is CC(C)N1CCN(c2ccnc(CO)c2)CC1. The number of aliphatic hydroxyl groups is 1. The van der Waals surface area contributed by atoms with E-state index in [4.69, 9.17) is 5.11 Å². The van der Waals surface area contributed by atoms with E-state index >= 15 is 0 Å². The lowest BCUT2D eigenvalue weighted by molar-refractivity contribution is 0.209. The van der Waals surface area contributed by atoms with Crippen LogP contribution < -0.4 is 4.90 Å². The quantitative estimate of drug-likeness (QED) is 0.852. The predicted molar refractivity (Wildman–Crippen MR) is 69.1 cm³/mol. The number of rotatable bonds is 3. The average molecular weight is 235 g/mol. The van der Waals surface area contributed by atoms with Crippen molar-refractivity contribution >= 4 is 5.69 Å². The van der Waals surface area contributed by atoms with Crippen LogP contribution >= 0.6 is 0 Å². The highest BCUT2D eigenvalue weighted by atomic mass is 16.3. The second kappa shape index (κ2) is 5.47. The van der Waals surface area contributed by atoms with E-state index in [2.05, 4.69) is 28.6 Å². The smallest absolute Gasteiger partial charge is 0.0853 e. The van der Waals surface area contributed by atoms with Gasteiger partial charge in [-0.2, -0.15) is 0 Å². The summed E-state index contributed by atoms with van der Waals surface area (Å²) in [6.45, 7) is 8.81. The van der Waals surface area contributed by atoms with Gasteiger partial charge in [0.15, 0.2) is 0 Å². The van der Waals surface area contributed by atoms with Crippen LogP contribution in [0.2, 0.25) is 0 Å². The van der Waals surface area contributed by atoms with Gasteiger partial charge in [-0.3, -0.25) is 9.88 Å². The molecule has 1 fully saturated rings. The van der Waals surface area contributed by atoms with E-state index < -0.39 is 0 Å². The van der Waals surface area contributed by atoms with E-state index in [0.717, 1.165) is 31.9 Å². The van der Waals surface area contributed by atoms with Crippen molar-refractivity contribution in [3.8, 4) is 0 Å². The molecule has 1 aromatic rings. The van der Waals surface area contributed by atoms with Crippen LogP contribution in [0.4, 0.5) is 5.69 Å². The first-order chi connectivity index (χ1) is 8.20. The third-order valence-electron chi connectivity index (χ3n) is 3.37. The van der Waals surface area contributed by atoms with Crippen LogP contribution in [0.1, 0.15) is 19.5 Å². The first-order valence-electron chi connectivity index (χ1n) is 6.25. The Balaban J connectivity index is 2.00. The van der Waals surface area contributed by atoms with Crippen LogP contribution in [0.5, 0.6) is 0 Å². The van der Waals surface area contributed by atoms with Gasteiger partial charge in [0.2, 0.25) is 0 Å². The van der Waals surface area contributed by atoms with Gasteiger partial charge < -0.3 is 10.0 Å². The maximum Gasteiger partial charge on any atom is 0.0853 e. The maximum atomic E-state index is 9.09. The normalized spacial score (nSPS) is 17.8. The fourth-order valence-corrected chi connectivity index (χ4v) is 2.25. The first-order valence-corrected chi connectivity index (χ1v) is 6.25. The summed E-state index contributed by atoms with van der Waals surface area (Å²) < 4.78 is 0. The van der Waals surface area contributed by atoms with E-state index in [1.54, 1.807) is 6.20 Å². The second-order valence-corrected chi connectivity index (χ2v) is 4.78. The van der Waals surface area contributed by atoms with Gasteiger partial charge in [0, 0.05) is 44.1 Å². The molecule has 0 aromatic carbocycles. The summed E-state index contributed by atoms with van der Waals surface area (Å²) >= 11 is 0. The summed E-state index contributed by atoms with van der Waals surface area (Å²) in [5.41, 5.74) is 1.92. The molecule has 0 saturated carbocycles. The number of hydrogen-bond acceptors (Lipinski definition) is 4. The van der Waals surface area contributed by atoms with Gasteiger partial charge in [0.25, 0.3) is 0 Å². The molecule has 0 aliphatic carbocycles. The Morgan fingerprint density at radius 1 is 1.29 bits per heavy atom. The van der Waals surface area contributed by atoms with E-state index in [-0.39, 0.29) is 6.61 Å². The Kier molecular flexibility index (Phi) is 3.97. The molecule has 2 rings (SSSR count). The van der Waals surface area contributed by atoms with Gasteiger partial charge in [0.1, 0.15) is 0 Å². The highest BCUT2D eigenvalue weighted by Crippen LogP contribution is 2.17. The number of anilines is 1. The van der Waals surface area contributed by atoms with Crippen molar-refractivity contribution in [2.24, 2.45) is 0 Å². The zero-order valence-electron chi connectivity index (χ0n) is 10.6. The summed E-state index contributed by atoms with van der Waals surface area (Å²) in [5, 5.41) is 9.09. The molecule has 0 amide bonds. The van der Waals surface area contributed by atoms with E-state index in [0.29, 0.717) is 6.04 Å². The van der Waals surface area contributed by atoms with Crippen LogP contribution in [-0.2, 0) is 6.61 Å². The molecule has 1 saturated heterocycles. The second-order valence-electron chi connectivity index (χ2n) is 4.78. The number of aromatic nitrogens is 1. The van der Waals surface area contributed by atoms with Gasteiger partial charge in [0.05, 0.1) is 12.3 Å². The van der Waals surface area contributed by atoms with Crippen molar-refractivity contribution in [1.82, 2.24) is 9.88 Å². The number of aliphatic hydroxyl groups excluding tert-OH is 1.